The van der Waals surface area contributed by atoms with Gasteiger partial charge in [-0.1, -0.05) is 36.4 Å². The zero-order valence-electron chi connectivity index (χ0n) is 18.4. The minimum Gasteiger partial charge on any atom is -0.493 e. The van der Waals surface area contributed by atoms with Crippen LogP contribution in [-0.2, 0) is 11.4 Å². The van der Waals surface area contributed by atoms with Crippen LogP contribution in [-0.4, -0.2) is 67.7 Å². The standard InChI is InChI=1S/C25H34N2O4/c1-29-25-16-20(17-27-12-5-15-31-27)8-9-24(25)30-19-23(28)18-26-13-10-22(11-14-26)21-6-3-2-4-7-21/h2-4,6-9,16,22-23,28H,5,10-15,17-19H2,1H3. The number of nitrogens with zero attached hydrogens (tertiary/aromatic N) is 2. The Labute approximate surface area is 185 Å². The van der Waals surface area contributed by atoms with Crippen LogP contribution in [0.2, 0.25) is 0 Å². The predicted molar refractivity (Wildman–Crippen MR) is 120 cm³/mol. The van der Waals surface area contributed by atoms with Gasteiger partial charge >= 0.3 is 0 Å². The first kappa shape index (κ1) is 22.1. The van der Waals surface area contributed by atoms with Gasteiger partial charge in [-0.2, -0.15) is 5.06 Å². The number of aliphatic hydroxyl groups is 1. The third kappa shape index (κ3) is 6.20. The lowest BCUT2D eigenvalue weighted by molar-refractivity contribution is -0.117. The lowest BCUT2D eigenvalue weighted by Crippen LogP contribution is -2.40. The third-order valence-electron chi connectivity index (χ3n) is 6.17. The Morgan fingerprint density at radius 3 is 2.58 bits per heavy atom. The topological polar surface area (TPSA) is 54.4 Å². The van der Waals surface area contributed by atoms with Crippen molar-refractivity contribution in [3.8, 4) is 11.5 Å². The van der Waals surface area contributed by atoms with E-state index in [9.17, 15) is 5.11 Å². The summed E-state index contributed by atoms with van der Waals surface area (Å²) < 4.78 is 11.4. The highest BCUT2D eigenvalue weighted by Gasteiger charge is 2.22. The highest BCUT2D eigenvalue weighted by Crippen LogP contribution is 2.30. The number of hydrogen-bond donors (Lipinski definition) is 1. The lowest BCUT2D eigenvalue weighted by Gasteiger charge is -2.33. The molecule has 0 radical (unpaired) electrons. The fraction of sp³-hybridized carbons (Fsp3) is 0.520. The molecule has 2 aromatic carbocycles. The Morgan fingerprint density at radius 2 is 1.87 bits per heavy atom. The number of β-amino-alcohol motifs (C(OH)–C–C–N with tert-alkyl or cyclic N) is 1. The lowest BCUT2D eigenvalue weighted by atomic mass is 9.89. The van der Waals surface area contributed by atoms with E-state index in [-0.39, 0.29) is 6.61 Å². The SMILES string of the molecule is COc1cc(CN2CCCO2)ccc1OCC(O)CN1CCC(c2ccccc2)CC1. The number of piperidine rings is 1. The van der Waals surface area contributed by atoms with Crippen molar-refractivity contribution in [3.05, 3.63) is 59.7 Å². The second kappa shape index (κ2) is 11.0. The van der Waals surface area contributed by atoms with Crippen molar-refractivity contribution >= 4 is 0 Å². The van der Waals surface area contributed by atoms with Gasteiger partial charge < -0.3 is 19.5 Å². The molecule has 2 aliphatic rings. The second-order valence-corrected chi connectivity index (χ2v) is 8.49. The van der Waals surface area contributed by atoms with E-state index in [0.717, 1.165) is 57.6 Å². The van der Waals surface area contributed by atoms with E-state index >= 15 is 0 Å². The molecule has 6 heteroatoms. The first-order valence-corrected chi connectivity index (χ1v) is 11.3. The first-order valence-electron chi connectivity index (χ1n) is 11.3. The van der Waals surface area contributed by atoms with Crippen molar-refractivity contribution < 1.29 is 19.4 Å². The Hall–Kier alpha value is -2.12. The van der Waals surface area contributed by atoms with Crippen LogP contribution in [0.4, 0.5) is 0 Å². The summed E-state index contributed by atoms with van der Waals surface area (Å²) >= 11 is 0. The molecule has 2 fully saturated rings. The zero-order valence-corrected chi connectivity index (χ0v) is 18.4. The van der Waals surface area contributed by atoms with Crippen molar-refractivity contribution in [2.75, 3.05) is 46.5 Å². The Balaban J connectivity index is 1.22. The van der Waals surface area contributed by atoms with Crippen molar-refractivity contribution in [2.24, 2.45) is 0 Å². The van der Waals surface area contributed by atoms with E-state index in [1.807, 2.05) is 23.3 Å². The van der Waals surface area contributed by atoms with Gasteiger partial charge in [-0.25, -0.2) is 0 Å². The zero-order chi connectivity index (χ0) is 21.5. The van der Waals surface area contributed by atoms with Gasteiger partial charge in [0.25, 0.3) is 0 Å². The number of aliphatic hydroxyl groups excluding tert-OH is 1. The molecular weight excluding hydrogens is 392 g/mol. The highest BCUT2D eigenvalue weighted by atomic mass is 16.7. The Morgan fingerprint density at radius 1 is 1.06 bits per heavy atom. The van der Waals surface area contributed by atoms with E-state index in [0.29, 0.717) is 24.0 Å². The van der Waals surface area contributed by atoms with Crippen molar-refractivity contribution in [1.29, 1.82) is 0 Å². The van der Waals surface area contributed by atoms with Gasteiger partial charge in [0.05, 0.1) is 13.7 Å². The highest BCUT2D eigenvalue weighted by molar-refractivity contribution is 5.43. The smallest absolute Gasteiger partial charge is 0.161 e. The number of benzene rings is 2. The summed E-state index contributed by atoms with van der Waals surface area (Å²) in [5.41, 5.74) is 2.55. The van der Waals surface area contributed by atoms with Gasteiger partial charge in [-0.15, -0.1) is 0 Å². The molecule has 1 N–H and O–H groups in total. The average molecular weight is 427 g/mol. The van der Waals surface area contributed by atoms with Gasteiger partial charge in [-0.05, 0) is 61.5 Å². The van der Waals surface area contributed by atoms with E-state index in [1.54, 1.807) is 7.11 Å². The number of methoxy groups -OCH3 is 1. The third-order valence-corrected chi connectivity index (χ3v) is 6.17. The van der Waals surface area contributed by atoms with Crippen LogP contribution in [0.15, 0.2) is 48.5 Å². The first-order chi connectivity index (χ1) is 15.2. The van der Waals surface area contributed by atoms with Crippen LogP contribution in [0.3, 0.4) is 0 Å². The minimum absolute atomic E-state index is 0.254. The summed E-state index contributed by atoms with van der Waals surface area (Å²) in [5.74, 6) is 1.97. The number of ether oxygens (including phenoxy) is 2. The number of rotatable bonds is 9. The predicted octanol–water partition coefficient (Wildman–Crippen LogP) is 3.45. The molecule has 4 rings (SSSR count). The van der Waals surface area contributed by atoms with E-state index in [2.05, 4.69) is 35.2 Å². The molecule has 2 aliphatic heterocycles. The second-order valence-electron chi connectivity index (χ2n) is 8.49. The molecule has 0 saturated carbocycles. The van der Waals surface area contributed by atoms with Crippen LogP contribution < -0.4 is 9.47 Å². The minimum atomic E-state index is -0.532. The molecule has 6 nitrogen and oxygen atoms in total. The van der Waals surface area contributed by atoms with Crippen LogP contribution in [0.25, 0.3) is 0 Å². The molecular formula is C25H34N2O4. The van der Waals surface area contributed by atoms with E-state index < -0.39 is 6.10 Å². The number of likely N-dealkylation sites (tertiary alicyclic amines) is 1. The monoisotopic (exact) mass is 426 g/mol. The van der Waals surface area contributed by atoms with Crippen LogP contribution >= 0.6 is 0 Å². The van der Waals surface area contributed by atoms with Gasteiger partial charge in [-0.3, -0.25) is 4.84 Å². The molecule has 2 heterocycles. The summed E-state index contributed by atoms with van der Waals surface area (Å²) in [6, 6.07) is 16.7. The molecule has 1 unspecified atom stereocenters. The molecule has 0 aromatic heterocycles. The molecule has 0 spiro atoms. The molecule has 168 valence electrons. The quantitative estimate of drug-likeness (QED) is 0.663. The van der Waals surface area contributed by atoms with Crippen LogP contribution in [0.5, 0.6) is 11.5 Å². The van der Waals surface area contributed by atoms with Gasteiger partial charge in [0.1, 0.15) is 12.7 Å². The molecule has 0 bridgehead atoms. The van der Waals surface area contributed by atoms with Crippen LogP contribution in [0.1, 0.15) is 36.3 Å². The van der Waals surface area contributed by atoms with E-state index in [1.165, 1.54) is 5.56 Å². The fourth-order valence-corrected chi connectivity index (χ4v) is 4.47. The number of hydrogen-bond acceptors (Lipinski definition) is 6. The normalized spacial score (nSPS) is 19.4. The van der Waals surface area contributed by atoms with Crippen molar-refractivity contribution in [1.82, 2.24) is 9.96 Å². The fourth-order valence-electron chi connectivity index (χ4n) is 4.47. The summed E-state index contributed by atoms with van der Waals surface area (Å²) in [7, 11) is 1.64. The molecule has 2 saturated heterocycles. The Kier molecular flexibility index (Phi) is 7.81. The number of hydroxylamine groups is 2. The van der Waals surface area contributed by atoms with Crippen LogP contribution in [0, 0.1) is 0 Å². The molecule has 1 atom stereocenters. The Bertz CT molecular complexity index is 802. The van der Waals surface area contributed by atoms with Gasteiger partial charge in [0.2, 0.25) is 0 Å². The largest absolute Gasteiger partial charge is 0.493 e. The maximum atomic E-state index is 10.5. The van der Waals surface area contributed by atoms with Crippen molar-refractivity contribution in [3.63, 3.8) is 0 Å². The molecule has 0 aliphatic carbocycles. The summed E-state index contributed by atoms with van der Waals surface area (Å²) in [6.45, 7) is 5.38. The maximum absolute atomic E-state index is 10.5. The molecule has 2 aromatic rings. The average Bonchev–Trinajstić information content (AvgIpc) is 3.32. The maximum Gasteiger partial charge on any atom is 0.161 e. The summed E-state index contributed by atoms with van der Waals surface area (Å²) in [5, 5.41) is 12.5. The van der Waals surface area contributed by atoms with E-state index in [4.69, 9.17) is 14.3 Å². The molecule has 0 amide bonds. The van der Waals surface area contributed by atoms with Crippen molar-refractivity contribution in [2.45, 2.75) is 37.8 Å². The molecule has 31 heavy (non-hydrogen) atoms. The summed E-state index contributed by atoms with van der Waals surface area (Å²) in [6.07, 6.45) is 2.80. The van der Waals surface area contributed by atoms with Gasteiger partial charge in [0, 0.05) is 19.6 Å². The van der Waals surface area contributed by atoms with Gasteiger partial charge in [0.15, 0.2) is 11.5 Å². The summed E-state index contributed by atoms with van der Waals surface area (Å²) in [4.78, 5) is 7.90.